The summed E-state index contributed by atoms with van der Waals surface area (Å²) in [5.74, 6) is 1.31. The number of aliphatic hydroxyl groups is 1. The minimum atomic E-state index is -0.533. The van der Waals surface area contributed by atoms with Gasteiger partial charge in [-0.3, -0.25) is 4.79 Å². The van der Waals surface area contributed by atoms with Gasteiger partial charge in [0.15, 0.2) is 5.12 Å². The van der Waals surface area contributed by atoms with Gasteiger partial charge in [0.2, 0.25) is 0 Å². The molecule has 136 valence electrons. The lowest BCUT2D eigenvalue weighted by atomic mass is 9.79. The van der Waals surface area contributed by atoms with Crippen LogP contribution < -0.4 is 0 Å². The van der Waals surface area contributed by atoms with Gasteiger partial charge in [0.05, 0.1) is 6.10 Å². The average molecular weight is 371 g/mol. The summed E-state index contributed by atoms with van der Waals surface area (Å²) in [5, 5.41) is 20.8. The summed E-state index contributed by atoms with van der Waals surface area (Å²) in [6.45, 7) is 14.0. The first-order valence-electron chi connectivity index (χ1n) is 8.14. The van der Waals surface area contributed by atoms with E-state index in [9.17, 15) is 15.0 Å². The van der Waals surface area contributed by atoms with E-state index in [1.165, 1.54) is 6.92 Å². The van der Waals surface area contributed by atoms with Gasteiger partial charge in [0.25, 0.3) is 0 Å². The van der Waals surface area contributed by atoms with Crippen molar-refractivity contribution in [1.29, 1.82) is 0 Å². The first-order chi connectivity index (χ1) is 10.8. The number of thioether (sulfide) groups is 2. The molecule has 5 heteroatoms. The van der Waals surface area contributed by atoms with Crippen molar-refractivity contribution in [3.8, 4) is 5.75 Å². The van der Waals surface area contributed by atoms with E-state index in [1.807, 2.05) is 12.1 Å². The van der Waals surface area contributed by atoms with Gasteiger partial charge in [-0.05, 0) is 23.0 Å². The first-order valence-corrected chi connectivity index (χ1v) is 10.1. The van der Waals surface area contributed by atoms with E-state index >= 15 is 0 Å². The lowest BCUT2D eigenvalue weighted by molar-refractivity contribution is -0.109. The molecule has 0 saturated carbocycles. The minimum Gasteiger partial charge on any atom is -0.507 e. The van der Waals surface area contributed by atoms with E-state index in [4.69, 9.17) is 0 Å². The van der Waals surface area contributed by atoms with Crippen LogP contribution in [0.15, 0.2) is 17.0 Å². The van der Waals surface area contributed by atoms with Crippen molar-refractivity contribution in [2.24, 2.45) is 0 Å². The van der Waals surface area contributed by atoms with Crippen molar-refractivity contribution in [3.63, 3.8) is 0 Å². The fraction of sp³-hybridized carbons (Fsp3) is 0.632. The van der Waals surface area contributed by atoms with Crippen LogP contribution in [0.1, 0.15) is 59.6 Å². The standard InChI is InChI=1S/C19H30O3S2/c1-12(20)23-10-13(21)11-24-14-8-15(18(2,3)4)17(22)16(9-14)19(5,6)7/h8-9,13,21-22H,10-11H2,1-7H3. The molecule has 0 spiro atoms. The molecule has 1 rings (SSSR count). The highest BCUT2D eigenvalue weighted by Crippen LogP contribution is 2.41. The normalized spacial score (nSPS) is 13.8. The maximum atomic E-state index is 11.0. The molecule has 0 saturated heterocycles. The zero-order valence-corrected chi connectivity index (χ0v) is 17.4. The van der Waals surface area contributed by atoms with E-state index in [-0.39, 0.29) is 15.9 Å². The smallest absolute Gasteiger partial charge is 0.185 e. The number of hydrogen-bond donors (Lipinski definition) is 2. The summed E-state index contributed by atoms with van der Waals surface area (Å²) in [5.41, 5.74) is 1.52. The molecule has 1 aromatic rings. The molecule has 1 aromatic carbocycles. The lowest BCUT2D eigenvalue weighted by Gasteiger charge is -2.28. The molecular weight excluding hydrogens is 340 g/mol. The van der Waals surface area contributed by atoms with Gasteiger partial charge in [0, 0.05) is 34.5 Å². The van der Waals surface area contributed by atoms with Crippen LogP contribution >= 0.6 is 23.5 Å². The number of rotatable bonds is 5. The molecule has 0 aromatic heterocycles. The predicted molar refractivity (Wildman–Crippen MR) is 105 cm³/mol. The molecule has 0 aliphatic heterocycles. The van der Waals surface area contributed by atoms with Gasteiger partial charge in [-0.1, -0.05) is 53.3 Å². The number of phenolic OH excluding ortho intramolecular Hbond substituents is 1. The molecule has 0 radical (unpaired) electrons. The molecule has 24 heavy (non-hydrogen) atoms. The van der Waals surface area contributed by atoms with Crippen LogP contribution in [-0.4, -0.2) is 32.9 Å². The molecule has 0 aliphatic rings. The van der Waals surface area contributed by atoms with Crippen LogP contribution in [-0.2, 0) is 15.6 Å². The Morgan fingerprint density at radius 3 is 1.88 bits per heavy atom. The van der Waals surface area contributed by atoms with Gasteiger partial charge in [-0.25, -0.2) is 0 Å². The average Bonchev–Trinajstić information content (AvgIpc) is 2.41. The van der Waals surface area contributed by atoms with Crippen LogP contribution in [0.4, 0.5) is 0 Å². The van der Waals surface area contributed by atoms with Crippen molar-refractivity contribution < 1.29 is 15.0 Å². The van der Waals surface area contributed by atoms with E-state index in [0.717, 1.165) is 27.8 Å². The van der Waals surface area contributed by atoms with Crippen molar-refractivity contribution in [3.05, 3.63) is 23.3 Å². The minimum absolute atomic E-state index is 0.0220. The summed E-state index contributed by atoms with van der Waals surface area (Å²) >= 11 is 2.71. The Morgan fingerprint density at radius 2 is 1.50 bits per heavy atom. The van der Waals surface area contributed by atoms with Crippen LogP contribution in [0.3, 0.4) is 0 Å². The first kappa shape index (κ1) is 21.4. The highest BCUT2D eigenvalue weighted by molar-refractivity contribution is 8.13. The zero-order valence-electron chi connectivity index (χ0n) is 15.8. The molecule has 0 amide bonds. The van der Waals surface area contributed by atoms with E-state index < -0.39 is 6.10 Å². The van der Waals surface area contributed by atoms with E-state index in [2.05, 4.69) is 41.5 Å². The van der Waals surface area contributed by atoms with Crippen molar-refractivity contribution in [1.82, 2.24) is 0 Å². The van der Waals surface area contributed by atoms with Gasteiger partial charge in [-0.15, -0.1) is 11.8 Å². The Balaban J connectivity index is 3.05. The largest absolute Gasteiger partial charge is 0.507 e. The Kier molecular flexibility index (Phi) is 7.27. The monoisotopic (exact) mass is 370 g/mol. The topological polar surface area (TPSA) is 57.5 Å². The number of phenols is 1. The number of hydrogen-bond acceptors (Lipinski definition) is 5. The summed E-state index contributed by atoms with van der Waals surface area (Å²) in [6.07, 6.45) is -0.533. The third kappa shape index (κ3) is 6.34. The molecule has 0 aliphatic carbocycles. The number of carbonyl (C=O) groups excluding carboxylic acids is 1. The Bertz CT molecular complexity index is 548. The molecule has 0 fully saturated rings. The molecule has 0 bridgehead atoms. The molecule has 0 heterocycles. The molecule has 1 unspecified atom stereocenters. The molecule has 2 N–H and O–H groups in total. The van der Waals surface area contributed by atoms with Crippen molar-refractivity contribution in [2.75, 3.05) is 11.5 Å². The SMILES string of the molecule is CC(=O)SCC(O)CSc1cc(C(C)(C)C)c(O)c(C(C)(C)C)c1. The van der Waals surface area contributed by atoms with E-state index in [1.54, 1.807) is 11.8 Å². The zero-order chi connectivity index (χ0) is 18.7. The van der Waals surface area contributed by atoms with Crippen molar-refractivity contribution >= 4 is 28.6 Å². The number of aromatic hydroxyl groups is 1. The summed E-state index contributed by atoms with van der Waals surface area (Å²) < 4.78 is 0. The van der Waals surface area contributed by atoms with Gasteiger partial charge in [-0.2, -0.15) is 0 Å². The third-order valence-corrected chi connectivity index (χ3v) is 5.70. The summed E-state index contributed by atoms with van der Waals surface area (Å²) in [7, 11) is 0. The van der Waals surface area contributed by atoms with Gasteiger partial charge >= 0.3 is 0 Å². The van der Waals surface area contributed by atoms with Crippen molar-refractivity contribution in [2.45, 2.75) is 70.3 Å². The molecular formula is C19H30O3S2. The highest BCUT2D eigenvalue weighted by Gasteiger charge is 2.26. The third-order valence-electron chi connectivity index (χ3n) is 3.62. The fourth-order valence-electron chi connectivity index (χ4n) is 2.29. The van der Waals surface area contributed by atoms with Crippen LogP contribution in [0.25, 0.3) is 0 Å². The Labute approximate surface area is 154 Å². The number of carbonyl (C=O) groups is 1. The second-order valence-electron chi connectivity index (χ2n) is 8.13. The predicted octanol–water partition coefficient (Wildman–Crippen LogP) is 4.72. The number of benzene rings is 1. The second-order valence-corrected chi connectivity index (χ2v) is 10.4. The quantitative estimate of drug-likeness (QED) is 0.735. The second kappa shape index (κ2) is 8.15. The summed E-state index contributed by atoms with van der Waals surface area (Å²) in [6, 6.07) is 4.03. The van der Waals surface area contributed by atoms with Crippen LogP contribution in [0.5, 0.6) is 5.75 Å². The van der Waals surface area contributed by atoms with Crippen LogP contribution in [0.2, 0.25) is 0 Å². The van der Waals surface area contributed by atoms with Gasteiger partial charge < -0.3 is 10.2 Å². The highest BCUT2D eigenvalue weighted by atomic mass is 32.2. The summed E-state index contributed by atoms with van der Waals surface area (Å²) in [4.78, 5) is 12.0. The molecule has 3 nitrogen and oxygen atoms in total. The van der Waals surface area contributed by atoms with E-state index in [0.29, 0.717) is 17.3 Å². The maximum absolute atomic E-state index is 11.0. The van der Waals surface area contributed by atoms with Gasteiger partial charge in [0.1, 0.15) is 5.75 Å². The maximum Gasteiger partial charge on any atom is 0.185 e. The lowest BCUT2D eigenvalue weighted by Crippen LogP contribution is -2.18. The van der Waals surface area contributed by atoms with Crippen LogP contribution in [0, 0.1) is 0 Å². The Morgan fingerprint density at radius 1 is 1.04 bits per heavy atom. The fourth-order valence-corrected chi connectivity index (χ4v) is 3.89. The Hall–Kier alpha value is -0.650. The molecule has 1 atom stereocenters. The number of aliphatic hydroxyl groups excluding tert-OH is 1.